The van der Waals surface area contributed by atoms with Gasteiger partial charge in [-0.2, -0.15) is 0 Å². The largest absolute Gasteiger partial charge is 0.494 e. The van der Waals surface area contributed by atoms with Gasteiger partial charge >= 0.3 is 0 Å². The molecule has 0 N–H and O–H groups in total. The lowest BCUT2D eigenvalue weighted by atomic mass is 9.97. The van der Waals surface area contributed by atoms with E-state index in [1.165, 1.54) is 4.90 Å². The molecule has 2 heterocycles. The maximum Gasteiger partial charge on any atom is 0.282 e. The highest BCUT2D eigenvalue weighted by Crippen LogP contribution is 2.37. The van der Waals surface area contributed by atoms with Gasteiger partial charge in [-0.1, -0.05) is 36.8 Å². The molecule has 0 aromatic heterocycles. The molecule has 0 aliphatic carbocycles. The van der Waals surface area contributed by atoms with Crippen molar-refractivity contribution in [3.05, 3.63) is 65.4 Å². The molecule has 1 unspecified atom stereocenters. The van der Waals surface area contributed by atoms with Crippen LogP contribution in [-0.2, 0) is 9.59 Å². The molecule has 2 aromatic carbocycles. The number of imide groups is 1. The maximum absolute atomic E-state index is 13.5. The summed E-state index contributed by atoms with van der Waals surface area (Å²) in [7, 11) is 0. The summed E-state index contributed by atoms with van der Waals surface area (Å²) in [5.41, 5.74) is 3.45. The average molecular weight is 405 g/mol. The monoisotopic (exact) mass is 404 g/mol. The molecule has 4 rings (SSSR count). The first-order valence-corrected chi connectivity index (χ1v) is 10.7. The third-order valence-corrected chi connectivity index (χ3v) is 5.78. The number of likely N-dealkylation sites (tertiary alicyclic amines) is 1. The van der Waals surface area contributed by atoms with E-state index >= 15 is 0 Å². The summed E-state index contributed by atoms with van der Waals surface area (Å²) in [5.74, 6) is 0.745. The Labute approximate surface area is 177 Å². The summed E-state index contributed by atoms with van der Waals surface area (Å²) >= 11 is 0. The van der Waals surface area contributed by atoms with Crippen molar-refractivity contribution in [1.29, 1.82) is 0 Å². The van der Waals surface area contributed by atoms with E-state index in [4.69, 9.17) is 4.74 Å². The van der Waals surface area contributed by atoms with Crippen molar-refractivity contribution in [1.82, 2.24) is 4.90 Å². The van der Waals surface area contributed by atoms with Crippen molar-refractivity contribution in [3.63, 3.8) is 0 Å². The van der Waals surface area contributed by atoms with Gasteiger partial charge in [-0.3, -0.25) is 9.59 Å². The number of anilines is 1. The van der Waals surface area contributed by atoms with Crippen molar-refractivity contribution < 1.29 is 14.3 Å². The van der Waals surface area contributed by atoms with Crippen molar-refractivity contribution in [2.45, 2.75) is 33.6 Å². The predicted molar refractivity (Wildman–Crippen MR) is 118 cm³/mol. The lowest BCUT2D eigenvalue weighted by Gasteiger charge is -2.33. The number of benzene rings is 2. The van der Waals surface area contributed by atoms with Gasteiger partial charge in [-0.15, -0.1) is 0 Å². The molecular formula is C25H28N2O3. The number of nitrogens with zero attached hydrogens (tertiary/aromatic N) is 2. The van der Waals surface area contributed by atoms with E-state index in [-0.39, 0.29) is 11.8 Å². The van der Waals surface area contributed by atoms with Crippen molar-refractivity contribution >= 4 is 23.1 Å². The number of hydrogen-bond donors (Lipinski definition) is 0. The summed E-state index contributed by atoms with van der Waals surface area (Å²) in [6.07, 6.45) is 2.17. The Bertz CT molecular complexity index is 976. The zero-order valence-corrected chi connectivity index (χ0v) is 17.9. The van der Waals surface area contributed by atoms with Gasteiger partial charge in [0.2, 0.25) is 0 Å². The van der Waals surface area contributed by atoms with Crippen LogP contribution in [0.5, 0.6) is 5.75 Å². The van der Waals surface area contributed by atoms with Crippen LogP contribution in [0.1, 0.15) is 37.8 Å². The second-order valence-corrected chi connectivity index (χ2v) is 8.16. The molecule has 1 atom stereocenters. The zero-order chi connectivity index (χ0) is 21.3. The number of piperidine rings is 1. The molecule has 2 aromatic rings. The molecule has 1 fully saturated rings. The van der Waals surface area contributed by atoms with E-state index in [2.05, 4.69) is 11.8 Å². The summed E-state index contributed by atoms with van der Waals surface area (Å²) < 4.78 is 5.54. The molecule has 2 aliphatic rings. The van der Waals surface area contributed by atoms with Crippen LogP contribution in [0.15, 0.2) is 54.2 Å². The van der Waals surface area contributed by atoms with E-state index in [0.29, 0.717) is 29.5 Å². The Morgan fingerprint density at radius 3 is 2.33 bits per heavy atom. The molecular weight excluding hydrogens is 376 g/mol. The highest BCUT2D eigenvalue weighted by Gasteiger charge is 2.43. The summed E-state index contributed by atoms with van der Waals surface area (Å²) in [6, 6.07) is 15.0. The molecule has 156 valence electrons. The molecule has 30 heavy (non-hydrogen) atoms. The summed E-state index contributed by atoms with van der Waals surface area (Å²) in [5, 5.41) is 0. The standard InChI is InChI=1S/C25H28N2O3/c1-4-30-21-13-9-19(10-14-21)22-23(26-15-5-6-18(3)16-26)25(29)27(24(22)28)20-11-7-17(2)8-12-20/h7-14,18H,4-6,15-16H2,1-3H3. The molecule has 0 bridgehead atoms. The Balaban J connectivity index is 1.78. The SMILES string of the molecule is CCOc1ccc(C2=C(N3CCCC(C)C3)C(=O)N(c3ccc(C)cc3)C2=O)cc1. The smallest absolute Gasteiger partial charge is 0.282 e. The van der Waals surface area contributed by atoms with Crippen LogP contribution in [0, 0.1) is 12.8 Å². The van der Waals surface area contributed by atoms with Gasteiger partial charge in [0.1, 0.15) is 11.4 Å². The van der Waals surface area contributed by atoms with Crippen molar-refractivity contribution in [2.24, 2.45) is 5.92 Å². The number of hydrogen-bond acceptors (Lipinski definition) is 4. The molecule has 5 heteroatoms. The Kier molecular flexibility index (Phi) is 5.62. The number of amides is 2. The minimum absolute atomic E-state index is 0.234. The lowest BCUT2D eigenvalue weighted by Crippen LogP contribution is -2.39. The second-order valence-electron chi connectivity index (χ2n) is 8.16. The van der Waals surface area contributed by atoms with E-state index < -0.39 is 0 Å². The van der Waals surface area contributed by atoms with Crippen LogP contribution in [-0.4, -0.2) is 36.4 Å². The fraction of sp³-hybridized carbons (Fsp3) is 0.360. The van der Waals surface area contributed by atoms with Crippen LogP contribution in [0.4, 0.5) is 5.69 Å². The van der Waals surface area contributed by atoms with Crippen molar-refractivity contribution in [2.75, 3.05) is 24.6 Å². The van der Waals surface area contributed by atoms with Gasteiger partial charge in [0.05, 0.1) is 17.9 Å². The number of rotatable bonds is 5. The second kappa shape index (κ2) is 8.34. The number of carbonyl (C=O) groups is 2. The normalized spacial score (nSPS) is 19.6. The summed E-state index contributed by atoms with van der Waals surface area (Å²) in [4.78, 5) is 30.5. The fourth-order valence-electron chi connectivity index (χ4n) is 4.28. The molecule has 0 spiro atoms. The third kappa shape index (κ3) is 3.72. The fourth-order valence-corrected chi connectivity index (χ4v) is 4.28. The minimum atomic E-state index is -0.263. The van der Waals surface area contributed by atoms with Crippen LogP contribution in [0.25, 0.3) is 5.57 Å². The van der Waals surface area contributed by atoms with Crippen LogP contribution < -0.4 is 9.64 Å². The third-order valence-electron chi connectivity index (χ3n) is 5.78. The number of aryl methyl sites for hydroxylation is 1. The Morgan fingerprint density at radius 1 is 1.00 bits per heavy atom. The van der Waals surface area contributed by atoms with E-state index in [0.717, 1.165) is 42.8 Å². The topological polar surface area (TPSA) is 49.9 Å². The summed E-state index contributed by atoms with van der Waals surface area (Å²) in [6.45, 7) is 8.28. The number of carbonyl (C=O) groups excluding carboxylic acids is 2. The first kappa shape index (κ1) is 20.2. The van der Waals surface area contributed by atoms with Gasteiger partial charge in [0.25, 0.3) is 11.8 Å². The molecule has 5 nitrogen and oxygen atoms in total. The maximum atomic E-state index is 13.5. The van der Waals surface area contributed by atoms with Gasteiger partial charge in [-0.25, -0.2) is 4.90 Å². The van der Waals surface area contributed by atoms with Gasteiger partial charge in [0, 0.05) is 13.1 Å². The molecule has 2 aliphatic heterocycles. The Hall–Kier alpha value is -3.08. The molecule has 1 saturated heterocycles. The van der Waals surface area contributed by atoms with Gasteiger partial charge < -0.3 is 9.64 Å². The van der Waals surface area contributed by atoms with Crippen LogP contribution in [0.2, 0.25) is 0 Å². The lowest BCUT2D eigenvalue weighted by molar-refractivity contribution is -0.120. The first-order chi connectivity index (χ1) is 14.5. The van der Waals surface area contributed by atoms with Crippen LogP contribution in [0.3, 0.4) is 0 Å². The van der Waals surface area contributed by atoms with Gasteiger partial charge in [0.15, 0.2) is 0 Å². The van der Waals surface area contributed by atoms with E-state index in [9.17, 15) is 9.59 Å². The van der Waals surface area contributed by atoms with E-state index in [1.807, 2.05) is 62.4 Å². The van der Waals surface area contributed by atoms with Gasteiger partial charge in [-0.05, 0) is 62.4 Å². The van der Waals surface area contributed by atoms with Crippen molar-refractivity contribution in [3.8, 4) is 5.75 Å². The molecule has 2 amide bonds. The minimum Gasteiger partial charge on any atom is -0.494 e. The highest BCUT2D eigenvalue weighted by molar-refractivity contribution is 6.45. The molecule has 0 radical (unpaired) electrons. The highest BCUT2D eigenvalue weighted by atomic mass is 16.5. The quantitative estimate of drug-likeness (QED) is 0.693. The number of ether oxygens (including phenoxy) is 1. The van der Waals surface area contributed by atoms with Crippen LogP contribution >= 0.6 is 0 Å². The Morgan fingerprint density at radius 2 is 1.70 bits per heavy atom. The zero-order valence-electron chi connectivity index (χ0n) is 17.9. The first-order valence-electron chi connectivity index (χ1n) is 10.7. The predicted octanol–water partition coefficient (Wildman–Crippen LogP) is 4.41. The average Bonchev–Trinajstić information content (AvgIpc) is 3.00. The van der Waals surface area contributed by atoms with E-state index in [1.54, 1.807) is 0 Å². The molecule has 0 saturated carbocycles.